The van der Waals surface area contributed by atoms with Crippen molar-refractivity contribution in [3.63, 3.8) is 0 Å². The number of carbonyl (C=O) groups is 3. The fourth-order valence-electron chi connectivity index (χ4n) is 2.45. The number of hydrogen-bond donors (Lipinski definition) is 1. The molecule has 120 valence electrons. The van der Waals surface area contributed by atoms with E-state index in [-0.39, 0.29) is 24.3 Å². The van der Waals surface area contributed by atoms with E-state index in [1.165, 1.54) is 0 Å². The SMILES string of the molecule is C/C(CN1C(=O)c2ccccc2C1=O)=N/NC(=O)c1ccccc1. The van der Waals surface area contributed by atoms with Crippen molar-refractivity contribution < 1.29 is 14.4 Å². The lowest BCUT2D eigenvalue weighted by Gasteiger charge is -2.13. The van der Waals surface area contributed by atoms with Crippen LogP contribution in [0.1, 0.15) is 38.0 Å². The van der Waals surface area contributed by atoms with Crippen molar-refractivity contribution in [1.29, 1.82) is 0 Å². The molecular weight excluding hydrogens is 306 g/mol. The zero-order valence-corrected chi connectivity index (χ0v) is 13.0. The Hall–Kier alpha value is -3.28. The van der Waals surface area contributed by atoms with Crippen molar-refractivity contribution in [1.82, 2.24) is 10.3 Å². The number of fused-ring (bicyclic) bond motifs is 1. The molecule has 1 N–H and O–H groups in total. The molecule has 1 aliphatic heterocycles. The van der Waals surface area contributed by atoms with Crippen LogP contribution in [0.2, 0.25) is 0 Å². The van der Waals surface area contributed by atoms with Gasteiger partial charge in [-0.1, -0.05) is 30.3 Å². The van der Waals surface area contributed by atoms with Gasteiger partial charge < -0.3 is 0 Å². The van der Waals surface area contributed by atoms with Crippen LogP contribution in [0.15, 0.2) is 59.7 Å². The first kappa shape index (κ1) is 15.6. The lowest BCUT2D eigenvalue weighted by molar-refractivity contribution is 0.0677. The molecule has 24 heavy (non-hydrogen) atoms. The summed E-state index contributed by atoms with van der Waals surface area (Å²) in [4.78, 5) is 37.6. The predicted octanol–water partition coefficient (Wildman–Crippen LogP) is 2.09. The zero-order valence-electron chi connectivity index (χ0n) is 13.0. The summed E-state index contributed by atoms with van der Waals surface area (Å²) in [6.45, 7) is 1.68. The highest BCUT2D eigenvalue weighted by Gasteiger charge is 2.35. The third kappa shape index (κ3) is 2.94. The molecule has 1 heterocycles. The Morgan fingerprint density at radius 2 is 1.50 bits per heavy atom. The summed E-state index contributed by atoms with van der Waals surface area (Å²) >= 11 is 0. The molecule has 0 radical (unpaired) electrons. The molecule has 1 aliphatic rings. The molecule has 2 aromatic rings. The van der Waals surface area contributed by atoms with Crippen LogP contribution in [0, 0.1) is 0 Å². The first-order chi connectivity index (χ1) is 11.6. The average molecular weight is 321 g/mol. The largest absolute Gasteiger partial charge is 0.271 e. The average Bonchev–Trinajstić information content (AvgIpc) is 2.86. The molecule has 0 unspecified atom stereocenters. The summed E-state index contributed by atoms with van der Waals surface area (Å²) in [5.74, 6) is -1.05. The number of nitrogens with zero attached hydrogens (tertiary/aromatic N) is 2. The summed E-state index contributed by atoms with van der Waals surface area (Å²) in [6.07, 6.45) is 0. The predicted molar refractivity (Wildman–Crippen MR) is 88.8 cm³/mol. The first-order valence-electron chi connectivity index (χ1n) is 7.41. The van der Waals surface area contributed by atoms with Crippen LogP contribution in [0.4, 0.5) is 0 Å². The van der Waals surface area contributed by atoms with E-state index in [9.17, 15) is 14.4 Å². The fraction of sp³-hybridized carbons (Fsp3) is 0.111. The summed E-state index contributed by atoms with van der Waals surface area (Å²) in [5, 5.41) is 3.97. The normalized spacial score (nSPS) is 13.9. The van der Waals surface area contributed by atoms with E-state index in [1.54, 1.807) is 55.5 Å². The molecule has 0 spiro atoms. The lowest BCUT2D eigenvalue weighted by atomic mass is 10.1. The fourth-order valence-corrected chi connectivity index (χ4v) is 2.45. The molecule has 6 heteroatoms. The molecule has 0 aliphatic carbocycles. The van der Waals surface area contributed by atoms with Gasteiger partial charge in [0.1, 0.15) is 0 Å². The number of benzene rings is 2. The molecule has 0 saturated heterocycles. The minimum absolute atomic E-state index is 0.0292. The Balaban J connectivity index is 1.67. The summed E-state index contributed by atoms with van der Waals surface area (Å²) in [7, 11) is 0. The minimum Gasteiger partial charge on any atom is -0.269 e. The van der Waals surface area contributed by atoms with Crippen LogP contribution >= 0.6 is 0 Å². The van der Waals surface area contributed by atoms with Gasteiger partial charge >= 0.3 is 0 Å². The topological polar surface area (TPSA) is 78.8 Å². The number of carbonyl (C=O) groups excluding carboxylic acids is 3. The Bertz CT molecular complexity index is 809. The van der Waals surface area contributed by atoms with Crippen molar-refractivity contribution in [3.05, 3.63) is 71.3 Å². The summed E-state index contributed by atoms with van der Waals surface area (Å²) < 4.78 is 0. The standard InChI is InChI=1S/C18H15N3O3/c1-12(19-20-16(22)13-7-3-2-4-8-13)11-21-17(23)14-9-5-6-10-15(14)18(21)24/h2-10H,11H2,1H3,(H,20,22)/b19-12-. The Morgan fingerprint density at radius 3 is 2.08 bits per heavy atom. The molecule has 0 saturated carbocycles. The quantitative estimate of drug-likeness (QED) is 0.532. The highest BCUT2D eigenvalue weighted by Crippen LogP contribution is 2.22. The van der Waals surface area contributed by atoms with Crippen LogP contribution in [0.5, 0.6) is 0 Å². The third-order valence-corrected chi connectivity index (χ3v) is 3.65. The number of hydrogen-bond acceptors (Lipinski definition) is 4. The maximum absolute atomic E-state index is 12.3. The minimum atomic E-state index is -0.350. The molecule has 0 bridgehead atoms. The van der Waals surface area contributed by atoms with Crippen LogP contribution in [0.25, 0.3) is 0 Å². The molecule has 6 nitrogen and oxygen atoms in total. The van der Waals surface area contributed by atoms with Gasteiger partial charge in [-0.05, 0) is 31.2 Å². The highest BCUT2D eigenvalue weighted by molar-refractivity contribution is 6.22. The molecule has 3 amide bonds. The molecule has 2 aromatic carbocycles. The van der Waals surface area contributed by atoms with Gasteiger partial charge in [0, 0.05) is 5.56 Å². The van der Waals surface area contributed by atoms with E-state index < -0.39 is 0 Å². The van der Waals surface area contributed by atoms with Gasteiger partial charge in [-0.15, -0.1) is 0 Å². The van der Waals surface area contributed by atoms with Crippen LogP contribution < -0.4 is 5.43 Å². The zero-order chi connectivity index (χ0) is 17.1. The second-order valence-electron chi connectivity index (χ2n) is 5.40. The van der Waals surface area contributed by atoms with Crippen molar-refractivity contribution in [3.8, 4) is 0 Å². The first-order valence-corrected chi connectivity index (χ1v) is 7.41. The van der Waals surface area contributed by atoms with Gasteiger partial charge in [0.05, 0.1) is 23.4 Å². The molecule has 0 atom stereocenters. The van der Waals surface area contributed by atoms with Crippen molar-refractivity contribution >= 4 is 23.4 Å². The van der Waals surface area contributed by atoms with Gasteiger partial charge in [0.2, 0.25) is 0 Å². The second kappa shape index (κ2) is 6.45. The van der Waals surface area contributed by atoms with Crippen LogP contribution in [-0.2, 0) is 0 Å². The van der Waals surface area contributed by atoms with E-state index in [2.05, 4.69) is 10.5 Å². The number of nitrogens with one attached hydrogen (secondary N) is 1. The van der Waals surface area contributed by atoms with Gasteiger partial charge in [0.15, 0.2) is 0 Å². The smallest absolute Gasteiger partial charge is 0.269 e. The van der Waals surface area contributed by atoms with Crippen molar-refractivity contribution in [2.24, 2.45) is 5.10 Å². The summed E-state index contributed by atoms with van der Waals surface area (Å²) in [5.41, 5.74) is 4.14. The Morgan fingerprint density at radius 1 is 0.958 bits per heavy atom. The maximum Gasteiger partial charge on any atom is 0.271 e. The van der Waals surface area contributed by atoms with E-state index in [1.807, 2.05) is 6.07 Å². The Kier molecular flexibility index (Phi) is 4.20. The van der Waals surface area contributed by atoms with E-state index in [4.69, 9.17) is 0 Å². The van der Waals surface area contributed by atoms with E-state index >= 15 is 0 Å². The molecule has 0 fully saturated rings. The van der Waals surface area contributed by atoms with Gasteiger partial charge in [-0.25, -0.2) is 5.43 Å². The Labute approximate surface area is 138 Å². The highest BCUT2D eigenvalue weighted by atomic mass is 16.2. The maximum atomic E-state index is 12.3. The lowest BCUT2D eigenvalue weighted by Crippen LogP contribution is -2.35. The van der Waals surface area contributed by atoms with Crippen LogP contribution in [0.3, 0.4) is 0 Å². The van der Waals surface area contributed by atoms with Gasteiger partial charge in [-0.3, -0.25) is 19.3 Å². The molecule has 0 aromatic heterocycles. The van der Waals surface area contributed by atoms with Crippen molar-refractivity contribution in [2.45, 2.75) is 6.92 Å². The van der Waals surface area contributed by atoms with E-state index in [0.29, 0.717) is 22.4 Å². The number of hydrazone groups is 1. The second-order valence-corrected chi connectivity index (χ2v) is 5.40. The molecular formula is C18H15N3O3. The number of rotatable bonds is 4. The molecule has 3 rings (SSSR count). The number of imide groups is 1. The third-order valence-electron chi connectivity index (χ3n) is 3.65. The number of amides is 3. The van der Waals surface area contributed by atoms with Gasteiger partial charge in [0.25, 0.3) is 17.7 Å². The summed E-state index contributed by atoms with van der Waals surface area (Å²) in [6, 6.07) is 15.3. The van der Waals surface area contributed by atoms with E-state index in [0.717, 1.165) is 4.90 Å². The van der Waals surface area contributed by atoms with Crippen LogP contribution in [-0.4, -0.2) is 34.9 Å². The van der Waals surface area contributed by atoms with Gasteiger partial charge in [-0.2, -0.15) is 5.10 Å². The monoisotopic (exact) mass is 321 g/mol. The van der Waals surface area contributed by atoms with Crippen molar-refractivity contribution in [2.75, 3.05) is 6.54 Å².